The van der Waals surface area contributed by atoms with Crippen LogP contribution in [0.25, 0.3) is 12.2 Å². The van der Waals surface area contributed by atoms with Gasteiger partial charge in [0.15, 0.2) is 0 Å². The van der Waals surface area contributed by atoms with E-state index in [1.807, 2.05) is 0 Å². The zero-order valence-corrected chi connectivity index (χ0v) is 17.5. The summed E-state index contributed by atoms with van der Waals surface area (Å²) in [6.07, 6.45) is 17.4. The molecule has 3 nitrogen and oxygen atoms in total. The number of carbonyl (C=O) groups excluding carboxylic acids is 1. The highest BCUT2D eigenvalue weighted by Crippen LogP contribution is 2.62. The molecule has 3 heteroatoms. The summed E-state index contributed by atoms with van der Waals surface area (Å²) in [5.74, 6) is 3.81. The van der Waals surface area contributed by atoms with Gasteiger partial charge in [-0.05, 0) is 85.8 Å². The fourth-order valence-electron chi connectivity index (χ4n) is 7.34. The Labute approximate surface area is 168 Å². The number of esters is 1. The molecule has 0 aromatic carbocycles. The van der Waals surface area contributed by atoms with Crippen LogP contribution in [0.3, 0.4) is 0 Å². The van der Waals surface area contributed by atoms with E-state index in [0.717, 1.165) is 37.0 Å². The zero-order chi connectivity index (χ0) is 19.3. The first-order valence-corrected chi connectivity index (χ1v) is 11.7. The van der Waals surface area contributed by atoms with Crippen molar-refractivity contribution < 1.29 is 9.53 Å². The molecule has 4 aliphatic carbocycles. The Kier molecular flexibility index (Phi) is 4.68. The Hall–Kier alpha value is -1.51. The summed E-state index contributed by atoms with van der Waals surface area (Å²) in [6.45, 7) is 4.57. The average Bonchev–Trinajstić information content (AvgIpc) is 3.28. The summed E-state index contributed by atoms with van der Waals surface area (Å²) < 4.78 is 6.05. The maximum Gasteiger partial charge on any atom is 0.306 e. The van der Waals surface area contributed by atoms with E-state index < -0.39 is 0 Å². The maximum absolute atomic E-state index is 12.3. The molecule has 1 heterocycles. The number of ether oxygens (including phenoxy) is 1. The minimum Gasteiger partial charge on any atom is -0.462 e. The Bertz CT molecular complexity index is 854. The van der Waals surface area contributed by atoms with Crippen molar-refractivity contribution in [3.63, 3.8) is 0 Å². The molecule has 152 valence electrons. The number of carbonyl (C=O) groups is 1. The predicted molar refractivity (Wildman–Crippen MR) is 112 cm³/mol. The van der Waals surface area contributed by atoms with Crippen LogP contribution in [0.4, 0.5) is 0 Å². The fraction of sp³-hybridized carbons (Fsp3) is 0.720. The van der Waals surface area contributed by atoms with Gasteiger partial charge in [0.25, 0.3) is 0 Å². The first-order valence-electron chi connectivity index (χ1n) is 11.7. The van der Waals surface area contributed by atoms with Crippen molar-refractivity contribution in [2.24, 2.45) is 35.0 Å². The number of aromatic nitrogens is 1. The van der Waals surface area contributed by atoms with Crippen LogP contribution in [0.5, 0.6) is 0 Å². The van der Waals surface area contributed by atoms with Crippen molar-refractivity contribution in [2.45, 2.75) is 77.7 Å². The molecule has 4 aliphatic rings. The second-order valence-electron chi connectivity index (χ2n) is 10.1. The molecule has 1 N–H and O–H groups in total. The number of H-pyrrole nitrogens is 1. The number of hydrogen-bond acceptors (Lipinski definition) is 2. The standard InChI is InChI=1S/C25H35NO2/c1-3-4-5-24(27)28-23-9-8-21-19-7-6-16-15-22-17(11-13-26-22)14-20(16)18(19)10-12-25(21,23)2/h11,13-16,18-21,23,26H,3-10,12H2,1-2H3. The van der Waals surface area contributed by atoms with Gasteiger partial charge in [-0.3, -0.25) is 4.79 Å². The summed E-state index contributed by atoms with van der Waals surface area (Å²) in [5.41, 5.74) is 0.202. The number of fused-ring (bicyclic) bond motifs is 6. The molecule has 3 fully saturated rings. The van der Waals surface area contributed by atoms with E-state index in [2.05, 4.69) is 43.2 Å². The topological polar surface area (TPSA) is 42.1 Å². The maximum atomic E-state index is 12.3. The monoisotopic (exact) mass is 381 g/mol. The van der Waals surface area contributed by atoms with Crippen LogP contribution in [0.15, 0.2) is 12.3 Å². The molecule has 0 bridgehead atoms. The lowest BCUT2D eigenvalue weighted by atomic mass is 9.52. The van der Waals surface area contributed by atoms with Crippen molar-refractivity contribution in [3.8, 4) is 0 Å². The lowest BCUT2D eigenvalue weighted by Crippen LogP contribution is -2.50. The van der Waals surface area contributed by atoms with Crippen molar-refractivity contribution in [1.29, 1.82) is 0 Å². The second kappa shape index (κ2) is 7.07. The molecule has 7 atom stereocenters. The summed E-state index contributed by atoms with van der Waals surface area (Å²) in [7, 11) is 0. The van der Waals surface area contributed by atoms with E-state index >= 15 is 0 Å². The van der Waals surface area contributed by atoms with Gasteiger partial charge in [0.05, 0.1) is 0 Å². The van der Waals surface area contributed by atoms with Gasteiger partial charge in [-0.1, -0.05) is 32.4 Å². The first kappa shape index (κ1) is 18.5. The van der Waals surface area contributed by atoms with Crippen molar-refractivity contribution in [1.82, 2.24) is 4.98 Å². The Morgan fingerprint density at radius 2 is 2.07 bits per heavy atom. The van der Waals surface area contributed by atoms with E-state index in [0.29, 0.717) is 18.3 Å². The lowest BCUT2D eigenvalue weighted by molar-refractivity contribution is -0.159. The van der Waals surface area contributed by atoms with Crippen LogP contribution in [-0.4, -0.2) is 17.1 Å². The number of aromatic amines is 1. The molecule has 5 rings (SSSR count). The molecular weight excluding hydrogens is 346 g/mol. The molecule has 7 unspecified atom stereocenters. The molecule has 0 saturated heterocycles. The Balaban J connectivity index is 1.35. The Morgan fingerprint density at radius 1 is 1.18 bits per heavy atom. The summed E-state index contributed by atoms with van der Waals surface area (Å²) >= 11 is 0. The minimum absolute atomic E-state index is 0.0368. The SMILES string of the molecule is CCCCC(=O)OC1CCC2C3CCC4C=c5[nH]ccc5=CC4C3CCC12C. The summed E-state index contributed by atoms with van der Waals surface area (Å²) in [4.78, 5) is 15.7. The van der Waals surface area contributed by atoms with Crippen LogP contribution in [0.1, 0.15) is 71.6 Å². The van der Waals surface area contributed by atoms with Gasteiger partial charge in [0.2, 0.25) is 0 Å². The van der Waals surface area contributed by atoms with Crippen molar-refractivity contribution >= 4 is 18.1 Å². The molecule has 0 amide bonds. The lowest BCUT2D eigenvalue weighted by Gasteiger charge is -2.53. The van der Waals surface area contributed by atoms with Gasteiger partial charge in [-0.2, -0.15) is 0 Å². The molecule has 3 saturated carbocycles. The molecule has 0 aliphatic heterocycles. The van der Waals surface area contributed by atoms with Gasteiger partial charge in [0, 0.05) is 23.4 Å². The van der Waals surface area contributed by atoms with Crippen LogP contribution in [0, 0.1) is 35.0 Å². The normalized spacial score (nSPS) is 40.9. The molecule has 1 aromatic heterocycles. The molecule has 28 heavy (non-hydrogen) atoms. The third-order valence-electron chi connectivity index (χ3n) is 8.80. The van der Waals surface area contributed by atoms with E-state index in [9.17, 15) is 4.79 Å². The highest BCUT2D eigenvalue weighted by molar-refractivity contribution is 5.69. The van der Waals surface area contributed by atoms with E-state index in [4.69, 9.17) is 4.74 Å². The van der Waals surface area contributed by atoms with E-state index in [1.165, 1.54) is 42.7 Å². The Morgan fingerprint density at radius 3 is 2.93 bits per heavy atom. The van der Waals surface area contributed by atoms with Crippen LogP contribution in [0.2, 0.25) is 0 Å². The third kappa shape index (κ3) is 2.88. The molecule has 1 aromatic rings. The van der Waals surface area contributed by atoms with Crippen molar-refractivity contribution in [3.05, 3.63) is 22.8 Å². The highest BCUT2D eigenvalue weighted by atomic mass is 16.5. The molecule has 0 spiro atoms. The number of nitrogens with one attached hydrogen (secondary N) is 1. The van der Waals surface area contributed by atoms with Gasteiger partial charge in [-0.15, -0.1) is 0 Å². The number of unbranched alkanes of at least 4 members (excludes halogenated alkanes) is 1. The van der Waals surface area contributed by atoms with Crippen LogP contribution in [-0.2, 0) is 9.53 Å². The average molecular weight is 382 g/mol. The highest BCUT2D eigenvalue weighted by Gasteiger charge is 2.57. The molecule has 0 radical (unpaired) electrons. The van der Waals surface area contributed by atoms with E-state index in [-0.39, 0.29) is 17.5 Å². The quantitative estimate of drug-likeness (QED) is 0.796. The van der Waals surface area contributed by atoms with Crippen molar-refractivity contribution in [2.75, 3.05) is 0 Å². The smallest absolute Gasteiger partial charge is 0.306 e. The third-order valence-corrected chi connectivity index (χ3v) is 8.80. The zero-order valence-electron chi connectivity index (χ0n) is 17.5. The van der Waals surface area contributed by atoms with Gasteiger partial charge in [-0.25, -0.2) is 0 Å². The largest absolute Gasteiger partial charge is 0.462 e. The molecular formula is C25H35NO2. The van der Waals surface area contributed by atoms with Gasteiger partial charge >= 0.3 is 5.97 Å². The van der Waals surface area contributed by atoms with Crippen LogP contribution >= 0.6 is 0 Å². The second-order valence-corrected chi connectivity index (χ2v) is 10.1. The number of hydrogen-bond donors (Lipinski definition) is 1. The fourth-order valence-corrected chi connectivity index (χ4v) is 7.34. The summed E-state index contributed by atoms with van der Waals surface area (Å²) in [6, 6.07) is 2.24. The minimum atomic E-state index is 0.0368. The van der Waals surface area contributed by atoms with E-state index in [1.54, 1.807) is 0 Å². The first-order chi connectivity index (χ1) is 13.6. The van der Waals surface area contributed by atoms with Gasteiger partial charge in [0.1, 0.15) is 6.10 Å². The summed E-state index contributed by atoms with van der Waals surface area (Å²) in [5, 5.41) is 2.74. The number of rotatable bonds is 4. The predicted octanol–water partition coefficient (Wildman–Crippen LogP) is 4.16. The van der Waals surface area contributed by atoms with Crippen LogP contribution < -0.4 is 10.6 Å². The van der Waals surface area contributed by atoms with Gasteiger partial charge < -0.3 is 9.72 Å².